The topological polar surface area (TPSA) is 60.2 Å². The minimum Gasteiger partial charge on any atom is -0.383 e. The summed E-state index contributed by atoms with van der Waals surface area (Å²) >= 11 is 0. The summed E-state index contributed by atoms with van der Waals surface area (Å²) in [6.45, 7) is 4.93. The maximum Gasteiger partial charge on any atom is 0.282 e. The molecule has 0 saturated heterocycles. The quantitative estimate of drug-likeness (QED) is 0.725. The zero-order valence-electron chi connectivity index (χ0n) is 10.2. The molecule has 2 rings (SSSR count). The molecule has 1 aromatic rings. The fraction of sp³-hybridized carbons (Fsp3) is 0.545. The van der Waals surface area contributed by atoms with Crippen LogP contribution in [0, 0.1) is 0 Å². The van der Waals surface area contributed by atoms with Gasteiger partial charge in [-0.05, 0) is 0 Å². The SMILES string of the molecule is C=C(F)C(=O)N1CCc2c(nnn2CCOC)C1. The molecule has 0 aliphatic carbocycles. The van der Waals surface area contributed by atoms with Crippen LogP contribution in [0.15, 0.2) is 12.4 Å². The summed E-state index contributed by atoms with van der Waals surface area (Å²) in [7, 11) is 1.62. The molecule has 18 heavy (non-hydrogen) atoms. The second kappa shape index (κ2) is 5.26. The van der Waals surface area contributed by atoms with Crippen molar-refractivity contribution in [1.82, 2.24) is 19.9 Å². The van der Waals surface area contributed by atoms with Crippen molar-refractivity contribution in [3.05, 3.63) is 23.8 Å². The van der Waals surface area contributed by atoms with Gasteiger partial charge in [-0.1, -0.05) is 11.8 Å². The zero-order chi connectivity index (χ0) is 13.1. The van der Waals surface area contributed by atoms with Gasteiger partial charge in [-0.25, -0.2) is 9.07 Å². The van der Waals surface area contributed by atoms with E-state index >= 15 is 0 Å². The predicted molar refractivity (Wildman–Crippen MR) is 61.3 cm³/mol. The van der Waals surface area contributed by atoms with E-state index in [2.05, 4.69) is 16.9 Å². The highest BCUT2D eigenvalue weighted by Crippen LogP contribution is 2.18. The molecule has 1 amide bonds. The van der Waals surface area contributed by atoms with Crippen LogP contribution in [0.3, 0.4) is 0 Å². The molecule has 6 nitrogen and oxygen atoms in total. The molecule has 0 N–H and O–H groups in total. The molecule has 1 aromatic heterocycles. The van der Waals surface area contributed by atoms with Crippen LogP contribution in [0.5, 0.6) is 0 Å². The van der Waals surface area contributed by atoms with Crippen LogP contribution < -0.4 is 0 Å². The number of ether oxygens (including phenoxy) is 1. The van der Waals surface area contributed by atoms with Gasteiger partial charge >= 0.3 is 0 Å². The van der Waals surface area contributed by atoms with Crippen molar-refractivity contribution >= 4 is 5.91 Å². The van der Waals surface area contributed by atoms with Gasteiger partial charge in [-0.3, -0.25) is 4.79 Å². The standard InChI is InChI=1S/C11H15FN4O2/c1-8(12)11(17)15-4-3-10-9(7-15)13-14-16(10)5-6-18-2/h1,3-7H2,2H3. The van der Waals surface area contributed by atoms with Crippen molar-refractivity contribution in [2.45, 2.75) is 19.5 Å². The fourth-order valence-corrected chi connectivity index (χ4v) is 1.97. The first-order valence-corrected chi connectivity index (χ1v) is 5.67. The third-order valence-corrected chi connectivity index (χ3v) is 2.90. The molecular weight excluding hydrogens is 239 g/mol. The fourth-order valence-electron chi connectivity index (χ4n) is 1.97. The van der Waals surface area contributed by atoms with E-state index in [0.29, 0.717) is 31.8 Å². The minimum absolute atomic E-state index is 0.282. The molecule has 1 aliphatic heterocycles. The number of halogens is 1. The van der Waals surface area contributed by atoms with Gasteiger partial charge in [-0.15, -0.1) is 5.10 Å². The molecule has 2 heterocycles. The van der Waals surface area contributed by atoms with Crippen LogP contribution in [0.2, 0.25) is 0 Å². The monoisotopic (exact) mass is 254 g/mol. The summed E-state index contributed by atoms with van der Waals surface area (Å²) in [5, 5.41) is 8.02. The molecule has 0 aromatic carbocycles. The number of aromatic nitrogens is 3. The third-order valence-electron chi connectivity index (χ3n) is 2.90. The van der Waals surface area contributed by atoms with E-state index in [1.807, 2.05) is 0 Å². The highest BCUT2D eigenvalue weighted by molar-refractivity contribution is 5.90. The summed E-state index contributed by atoms with van der Waals surface area (Å²) in [5.41, 5.74) is 1.70. The van der Waals surface area contributed by atoms with Gasteiger partial charge in [0, 0.05) is 20.1 Å². The minimum atomic E-state index is -0.940. The van der Waals surface area contributed by atoms with Crippen LogP contribution >= 0.6 is 0 Å². The molecule has 0 radical (unpaired) electrons. The summed E-state index contributed by atoms with van der Waals surface area (Å²) < 4.78 is 19.5. The first-order chi connectivity index (χ1) is 8.63. The summed E-state index contributed by atoms with van der Waals surface area (Å²) in [6, 6.07) is 0. The Balaban J connectivity index is 2.09. The first kappa shape index (κ1) is 12.7. The first-order valence-electron chi connectivity index (χ1n) is 5.67. The Hall–Kier alpha value is -1.76. The molecule has 0 fully saturated rings. The molecule has 1 aliphatic rings. The molecule has 7 heteroatoms. The Kier molecular flexibility index (Phi) is 3.71. The Labute approximate surface area is 104 Å². The maximum atomic E-state index is 12.8. The molecular formula is C11H15FN4O2. The van der Waals surface area contributed by atoms with Gasteiger partial charge in [0.2, 0.25) is 0 Å². The van der Waals surface area contributed by atoms with Crippen LogP contribution in [0.4, 0.5) is 4.39 Å². The lowest BCUT2D eigenvalue weighted by atomic mass is 10.1. The number of nitrogens with zero attached hydrogens (tertiary/aromatic N) is 4. The van der Waals surface area contributed by atoms with Gasteiger partial charge in [0.25, 0.3) is 5.91 Å². The Morgan fingerprint density at radius 1 is 1.61 bits per heavy atom. The van der Waals surface area contributed by atoms with E-state index in [0.717, 1.165) is 5.69 Å². The van der Waals surface area contributed by atoms with Crippen LogP contribution in [0.25, 0.3) is 0 Å². The molecule has 0 unspecified atom stereocenters. The number of hydrogen-bond acceptors (Lipinski definition) is 4. The molecule has 0 spiro atoms. The Morgan fingerprint density at radius 2 is 2.39 bits per heavy atom. The number of fused-ring (bicyclic) bond motifs is 1. The summed E-state index contributed by atoms with van der Waals surface area (Å²) in [6.07, 6.45) is 0.616. The van der Waals surface area contributed by atoms with Crippen LogP contribution in [-0.4, -0.2) is 46.1 Å². The molecule has 0 atom stereocenters. The van der Waals surface area contributed by atoms with Crippen molar-refractivity contribution in [2.24, 2.45) is 0 Å². The lowest BCUT2D eigenvalue weighted by Crippen LogP contribution is -2.36. The number of rotatable bonds is 4. The molecule has 0 saturated carbocycles. The third kappa shape index (κ3) is 2.40. The zero-order valence-corrected chi connectivity index (χ0v) is 10.2. The van der Waals surface area contributed by atoms with Gasteiger partial charge in [-0.2, -0.15) is 0 Å². The predicted octanol–water partition coefficient (Wildman–Crippen LogP) is 0.292. The number of amides is 1. The lowest BCUT2D eigenvalue weighted by molar-refractivity contribution is -0.129. The summed E-state index contributed by atoms with van der Waals surface area (Å²) in [4.78, 5) is 12.9. The largest absolute Gasteiger partial charge is 0.383 e. The maximum absolute atomic E-state index is 12.8. The highest BCUT2D eigenvalue weighted by atomic mass is 19.1. The van der Waals surface area contributed by atoms with Gasteiger partial charge < -0.3 is 9.64 Å². The second-order valence-electron chi connectivity index (χ2n) is 4.08. The van der Waals surface area contributed by atoms with E-state index in [1.54, 1.807) is 11.8 Å². The van der Waals surface area contributed by atoms with Crippen molar-refractivity contribution in [2.75, 3.05) is 20.3 Å². The summed E-state index contributed by atoms with van der Waals surface area (Å²) in [5.74, 6) is -1.61. The van der Waals surface area contributed by atoms with Crippen LogP contribution in [0.1, 0.15) is 11.4 Å². The molecule has 0 bridgehead atoms. The normalized spacial score (nSPS) is 14.4. The van der Waals surface area contributed by atoms with Crippen molar-refractivity contribution < 1.29 is 13.9 Å². The number of methoxy groups -OCH3 is 1. The van der Waals surface area contributed by atoms with E-state index < -0.39 is 11.7 Å². The molecule has 98 valence electrons. The van der Waals surface area contributed by atoms with Crippen molar-refractivity contribution in [3.8, 4) is 0 Å². The average molecular weight is 254 g/mol. The number of hydrogen-bond donors (Lipinski definition) is 0. The van der Waals surface area contributed by atoms with Crippen LogP contribution in [-0.2, 0) is 29.0 Å². The smallest absolute Gasteiger partial charge is 0.282 e. The van der Waals surface area contributed by atoms with Crippen molar-refractivity contribution in [3.63, 3.8) is 0 Å². The number of carbonyl (C=O) groups excluding carboxylic acids is 1. The Bertz CT molecular complexity index is 472. The van der Waals surface area contributed by atoms with Gasteiger partial charge in [0.1, 0.15) is 5.69 Å². The van der Waals surface area contributed by atoms with E-state index in [-0.39, 0.29) is 6.54 Å². The van der Waals surface area contributed by atoms with Gasteiger partial charge in [0.05, 0.1) is 25.4 Å². The second-order valence-corrected chi connectivity index (χ2v) is 4.08. The van der Waals surface area contributed by atoms with Gasteiger partial charge in [0.15, 0.2) is 5.83 Å². The highest BCUT2D eigenvalue weighted by Gasteiger charge is 2.26. The Morgan fingerprint density at radius 3 is 3.06 bits per heavy atom. The lowest BCUT2D eigenvalue weighted by Gasteiger charge is -2.25. The van der Waals surface area contributed by atoms with E-state index in [9.17, 15) is 9.18 Å². The number of carbonyl (C=O) groups is 1. The van der Waals surface area contributed by atoms with E-state index in [1.165, 1.54) is 4.90 Å². The van der Waals surface area contributed by atoms with E-state index in [4.69, 9.17) is 4.74 Å². The average Bonchev–Trinajstić information content (AvgIpc) is 2.77. The van der Waals surface area contributed by atoms with Crippen molar-refractivity contribution in [1.29, 1.82) is 0 Å².